The maximum Gasteiger partial charge on any atom is 0.143 e. The lowest BCUT2D eigenvalue weighted by molar-refractivity contribution is 0.632. The maximum absolute atomic E-state index is 6.54. The molecule has 0 fully saturated rings. The number of fused-ring (bicyclic) bond motifs is 3. The first-order valence-corrected chi connectivity index (χ1v) is 16.3. The Kier molecular flexibility index (Phi) is 6.84. The van der Waals surface area contributed by atoms with E-state index in [2.05, 4.69) is 181 Å². The first-order valence-electron chi connectivity index (χ1n) is 16.3. The van der Waals surface area contributed by atoms with Crippen LogP contribution in [0.2, 0.25) is 0 Å². The van der Waals surface area contributed by atoms with Crippen LogP contribution < -0.4 is 4.90 Å². The van der Waals surface area contributed by atoms with Crippen molar-refractivity contribution >= 4 is 49.6 Å². The van der Waals surface area contributed by atoms with Gasteiger partial charge in [-0.15, -0.1) is 0 Å². The molecule has 2 nitrogen and oxygen atoms in total. The van der Waals surface area contributed by atoms with Crippen LogP contribution in [0.15, 0.2) is 192 Å². The number of hydrogen-bond acceptors (Lipinski definition) is 2. The number of rotatable bonds is 6. The van der Waals surface area contributed by atoms with Crippen molar-refractivity contribution in [1.82, 2.24) is 0 Å². The minimum atomic E-state index is 0.888. The number of hydrogen-bond donors (Lipinski definition) is 0. The van der Waals surface area contributed by atoms with Crippen LogP contribution in [0.1, 0.15) is 0 Å². The molecule has 8 aromatic carbocycles. The molecule has 48 heavy (non-hydrogen) atoms. The van der Waals surface area contributed by atoms with Crippen molar-refractivity contribution in [1.29, 1.82) is 0 Å². The van der Waals surface area contributed by atoms with Gasteiger partial charge in [-0.1, -0.05) is 146 Å². The lowest BCUT2D eigenvalue weighted by atomic mass is 9.96. The minimum Gasteiger partial charge on any atom is -0.455 e. The lowest BCUT2D eigenvalue weighted by Gasteiger charge is -2.27. The zero-order valence-corrected chi connectivity index (χ0v) is 26.3. The van der Waals surface area contributed by atoms with Crippen molar-refractivity contribution in [2.24, 2.45) is 0 Å². The van der Waals surface area contributed by atoms with Gasteiger partial charge in [0.2, 0.25) is 0 Å². The van der Waals surface area contributed by atoms with Gasteiger partial charge in [-0.25, -0.2) is 0 Å². The highest BCUT2D eigenvalue weighted by Gasteiger charge is 2.19. The zero-order valence-electron chi connectivity index (χ0n) is 26.3. The van der Waals surface area contributed by atoms with E-state index in [1.54, 1.807) is 0 Å². The zero-order chi connectivity index (χ0) is 31.9. The SMILES string of the molecule is c1ccc(-c2c(-c3cccc(-c4ccc(N(c5ccc6ccccc6c5)c5cccc6ccccc56)cc4)c3)oc3ccccc23)cc1. The van der Waals surface area contributed by atoms with Gasteiger partial charge in [-0.3, -0.25) is 0 Å². The van der Waals surface area contributed by atoms with Crippen molar-refractivity contribution in [3.8, 4) is 33.6 Å². The molecule has 0 bridgehead atoms. The van der Waals surface area contributed by atoms with Gasteiger partial charge in [-0.2, -0.15) is 0 Å². The van der Waals surface area contributed by atoms with E-state index in [1.165, 1.54) is 21.5 Å². The van der Waals surface area contributed by atoms with Crippen LogP contribution in [0, 0.1) is 0 Å². The van der Waals surface area contributed by atoms with Gasteiger partial charge in [0, 0.05) is 33.3 Å². The molecule has 0 N–H and O–H groups in total. The third-order valence-corrected chi connectivity index (χ3v) is 9.24. The van der Waals surface area contributed by atoms with E-state index in [4.69, 9.17) is 4.42 Å². The summed E-state index contributed by atoms with van der Waals surface area (Å²) in [6.07, 6.45) is 0. The Balaban J connectivity index is 1.14. The molecular formula is C46H31NO. The second kappa shape index (κ2) is 11.8. The molecule has 0 aliphatic heterocycles. The summed E-state index contributed by atoms with van der Waals surface area (Å²) in [4.78, 5) is 2.37. The molecule has 0 atom stereocenters. The van der Waals surface area contributed by atoms with E-state index in [0.717, 1.165) is 61.6 Å². The third kappa shape index (κ3) is 4.92. The van der Waals surface area contributed by atoms with E-state index in [9.17, 15) is 0 Å². The monoisotopic (exact) mass is 613 g/mol. The second-order valence-electron chi connectivity index (χ2n) is 12.2. The van der Waals surface area contributed by atoms with Gasteiger partial charge in [0.25, 0.3) is 0 Å². The summed E-state index contributed by atoms with van der Waals surface area (Å²) in [7, 11) is 0. The summed E-state index contributed by atoms with van der Waals surface area (Å²) in [5.41, 5.74) is 9.88. The summed E-state index contributed by atoms with van der Waals surface area (Å²) < 4.78 is 6.54. The van der Waals surface area contributed by atoms with Crippen molar-refractivity contribution in [3.05, 3.63) is 188 Å². The van der Waals surface area contributed by atoms with Crippen LogP contribution in [0.25, 0.3) is 66.1 Å². The Morgan fingerprint density at radius 2 is 0.979 bits per heavy atom. The number of para-hydroxylation sites is 1. The lowest BCUT2D eigenvalue weighted by Crippen LogP contribution is -2.10. The number of benzene rings is 8. The first-order chi connectivity index (χ1) is 23.8. The molecule has 226 valence electrons. The fourth-order valence-electron chi connectivity index (χ4n) is 6.93. The van der Waals surface area contributed by atoms with Crippen molar-refractivity contribution < 1.29 is 4.42 Å². The highest BCUT2D eigenvalue weighted by atomic mass is 16.3. The number of furan rings is 1. The molecule has 0 radical (unpaired) electrons. The Morgan fingerprint density at radius 1 is 0.354 bits per heavy atom. The van der Waals surface area contributed by atoms with Crippen molar-refractivity contribution in [3.63, 3.8) is 0 Å². The van der Waals surface area contributed by atoms with Crippen molar-refractivity contribution in [2.75, 3.05) is 4.90 Å². The van der Waals surface area contributed by atoms with E-state index >= 15 is 0 Å². The van der Waals surface area contributed by atoms with Gasteiger partial charge in [0.15, 0.2) is 0 Å². The molecule has 9 rings (SSSR count). The van der Waals surface area contributed by atoms with E-state index in [-0.39, 0.29) is 0 Å². The minimum absolute atomic E-state index is 0.888. The summed E-state index contributed by atoms with van der Waals surface area (Å²) >= 11 is 0. The molecule has 0 saturated carbocycles. The smallest absolute Gasteiger partial charge is 0.143 e. The summed E-state index contributed by atoms with van der Waals surface area (Å²) in [6.45, 7) is 0. The van der Waals surface area contributed by atoms with Gasteiger partial charge in [-0.05, 0) is 75.3 Å². The second-order valence-corrected chi connectivity index (χ2v) is 12.2. The van der Waals surface area contributed by atoms with Gasteiger partial charge >= 0.3 is 0 Å². The van der Waals surface area contributed by atoms with Crippen LogP contribution >= 0.6 is 0 Å². The average molecular weight is 614 g/mol. The normalized spacial score (nSPS) is 11.3. The Hall–Kier alpha value is -6.38. The summed E-state index contributed by atoms with van der Waals surface area (Å²) in [5.74, 6) is 0.888. The first kappa shape index (κ1) is 27.9. The average Bonchev–Trinajstić information content (AvgIpc) is 3.56. The largest absolute Gasteiger partial charge is 0.455 e. The fraction of sp³-hybridized carbons (Fsp3) is 0. The molecule has 2 heteroatoms. The molecule has 9 aromatic rings. The van der Waals surface area contributed by atoms with Crippen LogP contribution in [0.3, 0.4) is 0 Å². The van der Waals surface area contributed by atoms with Crippen LogP contribution in [0.5, 0.6) is 0 Å². The van der Waals surface area contributed by atoms with Crippen molar-refractivity contribution in [2.45, 2.75) is 0 Å². The number of anilines is 3. The van der Waals surface area contributed by atoms with E-state index in [0.29, 0.717) is 0 Å². The Morgan fingerprint density at radius 3 is 1.83 bits per heavy atom. The standard InChI is InChI=1S/C46H31NO/c1-2-14-35(15-3-1)45-42-21-8-9-23-44(42)48-46(45)38-19-10-18-36(30-38)33-24-27-39(28-25-33)47(40-29-26-32-12-4-5-16-37(32)31-40)43-22-11-17-34-13-6-7-20-41(34)43/h1-31H. The predicted molar refractivity (Wildman–Crippen MR) is 202 cm³/mol. The van der Waals surface area contributed by atoms with Crippen LogP contribution in [0.4, 0.5) is 17.1 Å². The quantitative estimate of drug-likeness (QED) is 0.185. The van der Waals surface area contributed by atoms with Gasteiger partial charge < -0.3 is 9.32 Å². The van der Waals surface area contributed by atoms with E-state index in [1.807, 2.05) is 12.1 Å². The molecular weight excluding hydrogens is 583 g/mol. The molecule has 0 saturated heterocycles. The molecule has 0 aliphatic rings. The highest BCUT2D eigenvalue weighted by Crippen LogP contribution is 2.43. The molecule has 1 aromatic heterocycles. The predicted octanol–water partition coefficient (Wildman–Crippen LogP) is 13.2. The summed E-state index contributed by atoms with van der Waals surface area (Å²) in [6, 6.07) is 66.8. The molecule has 1 heterocycles. The van der Waals surface area contributed by atoms with Crippen LogP contribution in [-0.2, 0) is 0 Å². The topological polar surface area (TPSA) is 16.4 Å². The number of nitrogens with zero attached hydrogens (tertiary/aromatic N) is 1. The van der Waals surface area contributed by atoms with Gasteiger partial charge in [0.1, 0.15) is 11.3 Å². The summed E-state index contributed by atoms with van der Waals surface area (Å²) in [5, 5.41) is 6.00. The van der Waals surface area contributed by atoms with Crippen LogP contribution in [-0.4, -0.2) is 0 Å². The molecule has 0 aliphatic carbocycles. The van der Waals surface area contributed by atoms with E-state index < -0.39 is 0 Å². The molecule has 0 spiro atoms. The molecule has 0 unspecified atom stereocenters. The molecule has 0 amide bonds. The maximum atomic E-state index is 6.54. The Labute approximate surface area is 279 Å². The fourth-order valence-corrected chi connectivity index (χ4v) is 6.93. The highest BCUT2D eigenvalue weighted by molar-refractivity contribution is 6.02. The van der Waals surface area contributed by atoms with Gasteiger partial charge in [0.05, 0.1) is 5.69 Å². The Bertz CT molecular complexity index is 2560. The third-order valence-electron chi connectivity index (χ3n) is 9.24.